The number of pyridine rings is 4. The highest BCUT2D eigenvalue weighted by atomic mass is 35.5. The van der Waals surface area contributed by atoms with Crippen LogP contribution in [0.25, 0.3) is 0 Å². The Kier molecular flexibility index (Phi) is 20.9. The van der Waals surface area contributed by atoms with Crippen molar-refractivity contribution in [3.8, 4) is 0 Å². The third-order valence-electron chi connectivity index (χ3n) is 9.37. The fourth-order valence-corrected chi connectivity index (χ4v) is 6.55. The van der Waals surface area contributed by atoms with Crippen molar-refractivity contribution in [2.24, 2.45) is 0 Å². The zero-order valence-electron chi connectivity index (χ0n) is 38.2. The zero-order chi connectivity index (χ0) is 55.3. The predicted molar refractivity (Wildman–Crippen MR) is 281 cm³/mol. The zero-order valence-corrected chi connectivity index (χ0v) is 41.2. The van der Waals surface area contributed by atoms with Crippen LogP contribution in [0.5, 0.6) is 0 Å². The second-order valence-corrected chi connectivity index (χ2v) is 16.1. The number of amides is 4. The molecule has 0 saturated heterocycles. The number of benzene rings is 4. The smallest absolute Gasteiger partial charge is 0.270 e. The van der Waals surface area contributed by atoms with Crippen molar-refractivity contribution in [1.82, 2.24) is 19.9 Å². The van der Waals surface area contributed by atoms with E-state index in [1.54, 1.807) is 48.5 Å². The van der Waals surface area contributed by atoms with Gasteiger partial charge in [0.15, 0.2) is 0 Å². The molecular formula is C48H32Cl4N12O12. The quantitative estimate of drug-likeness (QED) is 0.0652. The minimum Gasteiger partial charge on any atom is -0.322 e. The van der Waals surface area contributed by atoms with Crippen LogP contribution in [0.4, 0.5) is 45.5 Å². The van der Waals surface area contributed by atoms with Gasteiger partial charge in [-0.05, 0) is 72.8 Å². The molecule has 384 valence electrons. The molecule has 4 heterocycles. The molecule has 0 saturated carbocycles. The number of aromatic nitrogens is 4. The van der Waals surface area contributed by atoms with Gasteiger partial charge in [-0.3, -0.25) is 79.6 Å². The average Bonchev–Trinajstić information content (AvgIpc) is 3.40. The molecule has 0 atom stereocenters. The van der Waals surface area contributed by atoms with Crippen LogP contribution in [0.2, 0.25) is 20.1 Å². The molecule has 4 aromatic heterocycles. The molecule has 28 heteroatoms. The van der Waals surface area contributed by atoms with E-state index in [9.17, 15) is 59.6 Å². The van der Waals surface area contributed by atoms with Crippen molar-refractivity contribution < 1.29 is 38.9 Å². The van der Waals surface area contributed by atoms with E-state index in [1.165, 1.54) is 98.1 Å². The Morgan fingerprint density at radius 3 is 0.645 bits per heavy atom. The number of nitrogens with one attached hydrogen (secondary N) is 4. The maximum Gasteiger partial charge on any atom is 0.270 e. The van der Waals surface area contributed by atoms with E-state index >= 15 is 0 Å². The van der Waals surface area contributed by atoms with Crippen LogP contribution in [-0.4, -0.2) is 63.3 Å². The maximum atomic E-state index is 12.0. The number of nitrogens with zero attached hydrogens (tertiary/aromatic N) is 8. The van der Waals surface area contributed by atoms with Crippen LogP contribution < -0.4 is 21.3 Å². The van der Waals surface area contributed by atoms with Crippen LogP contribution in [0.3, 0.4) is 0 Å². The van der Waals surface area contributed by atoms with Crippen molar-refractivity contribution in [1.29, 1.82) is 0 Å². The van der Waals surface area contributed by atoms with Gasteiger partial charge in [-0.1, -0.05) is 46.4 Å². The van der Waals surface area contributed by atoms with Crippen molar-refractivity contribution in [3.63, 3.8) is 0 Å². The van der Waals surface area contributed by atoms with Gasteiger partial charge in [-0.25, -0.2) is 0 Å². The van der Waals surface area contributed by atoms with Crippen molar-refractivity contribution in [3.05, 3.63) is 254 Å². The van der Waals surface area contributed by atoms with Gasteiger partial charge in [0, 0.05) is 121 Å². The first-order chi connectivity index (χ1) is 36.3. The van der Waals surface area contributed by atoms with Crippen LogP contribution in [0, 0.1) is 40.5 Å². The van der Waals surface area contributed by atoms with Gasteiger partial charge in [0.05, 0.1) is 62.0 Å². The highest BCUT2D eigenvalue weighted by Crippen LogP contribution is 2.27. The molecule has 0 aliphatic carbocycles. The normalized spacial score (nSPS) is 9.95. The number of nitro benzene ring substituents is 4. The van der Waals surface area contributed by atoms with Crippen molar-refractivity contribution in [2.45, 2.75) is 0 Å². The van der Waals surface area contributed by atoms with E-state index in [2.05, 4.69) is 41.2 Å². The predicted octanol–water partition coefficient (Wildman–Crippen LogP) is 11.6. The molecule has 0 aliphatic rings. The van der Waals surface area contributed by atoms with Gasteiger partial charge >= 0.3 is 0 Å². The van der Waals surface area contributed by atoms with E-state index in [0.29, 0.717) is 22.7 Å². The van der Waals surface area contributed by atoms with Crippen LogP contribution in [-0.2, 0) is 0 Å². The van der Waals surface area contributed by atoms with E-state index in [1.807, 2.05) is 0 Å². The summed E-state index contributed by atoms with van der Waals surface area (Å²) in [6.07, 6.45) is 12.1. The lowest BCUT2D eigenvalue weighted by molar-refractivity contribution is -0.385. The molecule has 0 fully saturated rings. The second kappa shape index (κ2) is 27.8. The molecule has 8 aromatic rings. The fourth-order valence-electron chi connectivity index (χ4n) is 5.74. The number of hydrogen-bond acceptors (Lipinski definition) is 16. The molecule has 0 radical (unpaired) electrons. The van der Waals surface area contributed by atoms with Crippen LogP contribution >= 0.6 is 46.4 Å². The lowest BCUT2D eigenvalue weighted by Gasteiger charge is -2.06. The summed E-state index contributed by atoms with van der Waals surface area (Å²) in [5.74, 6) is -2.06. The number of anilines is 4. The third kappa shape index (κ3) is 17.1. The van der Waals surface area contributed by atoms with Crippen molar-refractivity contribution in [2.75, 3.05) is 21.3 Å². The van der Waals surface area contributed by atoms with Crippen molar-refractivity contribution >= 4 is 116 Å². The van der Waals surface area contributed by atoms with E-state index in [0.717, 1.165) is 24.3 Å². The van der Waals surface area contributed by atoms with Gasteiger partial charge in [0.25, 0.3) is 46.4 Å². The van der Waals surface area contributed by atoms with Gasteiger partial charge in [0.2, 0.25) is 0 Å². The molecule has 4 N–H and O–H groups in total. The molecule has 4 amide bonds. The van der Waals surface area contributed by atoms with E-state index in [4.69, 9.17) is 46.4 Å². The SMILES string of the molecule is O=C(Nc1ccncc1)c1cc([N+](=O)[O-])ccc1Cl.O=C(Nc1ccncc1)c1cc([N+](=O)[O-])ccc1Cl.O=C(Nc1ccncc1)c1cc([N+](=O)[O-])ccc1Cl.O=C(Nc1ccncc1)c1cc([N+](=O)[O-])ccc1Cl. The Morgan fingerprint density at radius 2 is 0.487 bits per heavy atom. The summed E-state index contributed by atoms with van der Waals surface area (Å²) in [7, 11) is 0. The lowest BCUT2D eigenvalue weighted by atomic mass is 10.2. The third-order valence-corrected chi connectivity index (χ3v) is 10.7. The van der Waals surface area contributed by atoms with Gasteiger partial charge in [-0.15, -0.1) is 0 Å². The fraction of sp³-hybridized carbons (Fsp3) is 0. The first-order valence-electron chi connectivity index (χ1n) is 20.9. The van der Waals surface area contributed by atoms with Gasteiger partial charge in [-0.2, -0.15) is 0 Å². The highest BCUT2D eigenvalue weighted by molar-refractivity contribution is 6.36. The average molecular weight is 1110 g/mol. The van der Waals surface area contributed by atoms with E-state index in [-0.39, 0.29) is 65.1 Å². The summed E-state index contributed by atoms with van der Waals surface area (Å²) < 4.78 is 0. The number of nitro groups is 4. The first kappa shape index (κ1) is 57.0. The number of halogens is 4. The standard InChI is InChI=1S/4C12H8ClN3O3/c4*13-11-2-1-9(16(18)19)7-10(11)12(17)15-8-3-5-14-6-4-8/h4*1-7H,(H,14,15,17). The number of carbonyl (C=O) groups excluding carboxylic acids is 4. The Labute approximate surface area is 447 Å². The van der Waals surface area contributed by atoms with Crippen LogP contribution in [0.15, 0.2) is 171 Å². The number of hydrogen-bond donors (Lipinski definition) is 4. The molecule has 76 heavy (non-hydrogen) atoms. The Bertz CT molecular complexity index is 2980. The summed E-state index contributed by atoms with van der Waals surface area (Å²) in [6.45, 7) is 0. The monoisotopic (exact) mass is 1110 g/mol. The maximum absolute atomic E-state index is 12.0. The number of non-ortho nitro benzene ring substituents is 4. The molecule has 0 spiro atoms. The second-order valence-electron chi connectivity index (χ2n) is 14.4. The van der Waals surface area contributed by atoms with Crippen LogP contribution in [0.1, 0.15) is 41.4 Å². The first-order valence-corrected chi connectivity index (χ1v) is 22.4. The molecule has 0 unspecified atom stereocenters. The van der Waals surface area contributed by atoms with Gasteiger partial charge in [0.1, 0.15) is 0 Å². The Morgan fingerprint density at radius 1 is 0.316 bits per heavy atom. The molecule has 0 bridgehead atoms. The molecule has 8 rings (SSSR count). The summed E-state index contributed by atoms with van der Waals surface area (Å²) in [4.78, 5) is 103. The lowest BCUT2D eigenvalue weighted by Crippen LogP contribution is -2.12. The minimum atomic E-state index is -0.584. The number of carbonyl (C=O) groups is 4. The molecule has 4 aromatic carbocycles. The Balaban J connectivity index is 0.000000187. The largest absolute Gasteiger partial charge is 0.322 e. The summed E-state index contributed by atoms with van der Waals surface area (Å²) in [5, 5.41) is 53.6. The topological polar surface area (TPSA) is 341 Å². The summed E-state index contributed by atoms with van der Waals surface area (Å²) >= 11 is 23.5. The molecule has 0 aliphatic heterocycles. The highest BCUT2D eigenvalue weighted by Gasteiger charge is 2.19. The van der Waals surface area contributed by atoms with E-state index < -0.39 is 43.3 Å². The molecule has 24 nitrogen and oxygen atoms in total. The molecular weight excluding hydrogens is 1080 g/mol. The number of rotatable bonds is 12. The Hall–Kier alpha value is -9.88. The summed E-state index contributed by atoms with van der Waals surface area (Å²) in [5.41, 5.74) is 1.55. The van der Waals surface area contributed by atoms with Gasteiger partial charge < -0.3 is 21.3 Å². The summed E-state index contributed by atoms with van der Waals surface area (Å²) in [6, 6.07) is 27.6. The minimum absolute atomic E-state index is 0.0488.